The van der Waals surface area contributed by atoms with Crippen LogP contribution in [-0.2, 0) is 6.54 Å². The van der Waals surface area contributed by atoms with Crippen LogP contribution in [0, 0.1) is 19.8 Å². The molecule has 1 saturated heterocycles. The van der Waals surface area contributed by atoms with Gasteiger partial charge in [0.2, 0.25) is 0 Å². The van der Waals surface area contributed by atoms with Crippen molar-refractivity contribution in [1.82, 2.24) is 4.90 Å². The zero-order chi connectivity index (χ0) is 22.0. The average Bonchev–Trinajstić information content (AvgIpc) is 2.80. The smallest absolute Gasteiger partial charge is 0.336 e. The van der Waals surface area contributed by atoms with Crippen LogP contribution in [0.3, 0.4) is 0 Å². The number of fused-ring (bicyclic) bond motifs is 1. The maximum atomic E-state index is 12.9. The highest BCUT2D eigenvalue weighted by atomic mass is 16.4. The highest BCUT2D eigenvalue weighted by Gasteiger charge is 2.23. The number of hydrogen-bond acceptors (Lipinski definition) is 5. The van der Waals surface area contributed by atoms with E-state index in [1.807, 2.05) is 55.1 Å². The van der Waals surface area contributed by atoms with Crippen LogP contribution >= 0.6 is 0 Å². The number of carbonyl (C=O) groups is 1. The summed E-state index contributed by atoms with van der Waals surface area (Å²) in [6, 6.07) is 13.0. The first-order valence-corrected chi connectivity index (χ1v) is 10.7. The van der Waals surface area contributed by atoms with E-state index in [2.05, 4.69) is 5.32 Å². The highest BCUT2D eigenvalue weighted by Crippen LogP contribution is 2.24. The van der Waals surface area contributed by atoms with Crippen molar-refractivity contribution in [3.63, 3.8) is 0 Å². The van der Waals surface area contributed by atoms with Gasteiger partial charge in [0.05, 0.1) is 0 Å². The van der Waals surface area contributed by atoms with E-state index in [0.717, 1.165) is 40.6 Å². The lowest BCUT2D eigenvalue weighted by molar-refractivity contribution is 0.0651. The number of aryl methyl sites for hydroxylation is 2. The van der Waals surface area contributed by atoms with Crippen LogP contribution in [0.1, 0.15) is 39.9 Å². The number of nitrogens with one attached hydrogen (secondary N) is 1. The number of benzene rings is 2. The number of piperidine rings is 1. The molecule has 0 atom stereocenters. The molecule has 1 amide bonds. The van der Waals surface area contributed by atoms with Gasteiger partial charge in [-0.1, -0.05) is 18.2 Å². The van der Waals surface area contributed by atoms with Gasteiger partial charge in [-0.15, -0.1) is 0 Å². The molecule has 4 rings (SSSR count). The summed E-state index contributed by atoms with van der Waals surface area (Å²) in [5, 5.41) is 13.6. The third kappa shape index (κ3) is 4.49. The van der Waals surface area contributed by atoms with Crippen molar-refractivity contribution in [3.8, 4) is 0 Å². The summed E-state index contributed by atoms with van der Waals surface area (Å²) in [6.45, 7) is 5.93. The second-order valence-corrected chi connectivity index (χ2v) is 8.33. The molecule has 0 aliphatic carbocycles. The van der Waals surface area contributed by atoms with E-state index < -0.39 is 0 Å². The second kappa shape index (κ2) is 8.94. The van der Waals surface area contributed by atoms with Crippen LogP contribution in [0.2, 0.25) is 0 Å². The summed E-state index contributed by atoms with van der Waals surface area (Å²) in [4.78, 5) is 26.8. The molecule has 6 nitrogen and oxygen atoms in total. The number of anilines is 1. The first kappa shape index (κ1) is 21.1. The Morgan fingerprint density at radius 2 is 1.94 bits per heavy atom. The minimum absolute atomic E-state index is 0.0111. The van der Waals surface area contributed by atoms with Crippen LogP contribution in [0.5, 0.6) is 0 Å². The first-order valence-electron chi connectivity index (χ1n) is 10.7. The van der Waals surface area contributed by atoms with Gasteiger partial charge in [0.1, 0.15) is 5.58 Å². The van der Waals surface area contributed by atoms with Gasteiger partial charge in [-0.3, -0.25) is 4.79 Å². The SMILES string of the molecule is Cc1ccc2c(CNc3cccc(C(=O)N4CCC(CO)CC4)c3)cc(=O)oc2c1C. The number of carbonyl (C=O) groups excluding carboxylic acids is 1. The van der Waals surface area contributed by atoms with Crippen LogP contribution in [0.15, 0.2) is 51.7 Å². The maximum Gasteiger partial charge on any atom is 0.336 e. The highest BCUT2D eigenvalue weighted by molar-refractivity contribution is 5.95. The fourth-order valence-electron chi connectivity index (χ4n) is 4.13. The van der Waals surface area contributed by atoms with E-state index in [-0.39, 0.29) is 18.1 Å². The summed E-state index contributed by atoms with van der Waals surface area (Å²) in [7, 11) is 0. The van der Waals surface area contributed by atoms with Crippen molar-refractivity contribution < 1.29 is 14.3 Å². The molecule has 0 bridgehead atoms. The largest absolute Gasteiger partial charge is 0.422 e. The molecule has 0 spiro atoms. The Balaban J connectivity index is 1.51. The predicted octanol–water partition coefficient (Wildman–Crippen LogP) is 3.87. The fourth-order valence-corrected chi connectivity index (χ4v) is 4.13. The molecule has 1 aliphatic rings. The normalized spacial score (nSPS) is 14.7. The van der Waals surface area contributed by atoms with Gasteiger partial charge in [0.25, 0.3) is 5.91 Å². The van der Waals surface area contributed by atoms with Gasteiger partial charge in [-0.25, -0.2) is 4.79 Å². The average molecular weight is 421 g/mol. The minimum Gasteiger partial charge on any atom is -0.422 e. The van der Waals surface area contributed by atoms with Gasteiger partial charge in [-0.2, -0.15) is 0 Å². The molecule has 31 heavy (non-hydrogen) atoms. The number of amides is 1. The minimum atomic E-state index is -0.367. The molecule has 1 aliphatic heterocycles. The summed E-state index contributed by atoms with van der Waals surface area (Å²) >= 11 is 0. The number of aliphatic hydroxyl groups is 1. The fraction of sp³-hybridized carbons (Fsp3) is 0.360. The zero-order valence-corrected chi connectivity index (χ0v) is 18.0. The molecule has 1 aromatic heterocycles. The number of likely N-dealkylation sites (tertiary alicyclic amines) is 1. The third-order valence-corrected chi connectivity index (χ3v) is 6.27. The van der Waals surface area contributed by atoms with Gasteiger partial charge in [0.15, 0.2) is 0 Å². The Bertz CT molecular complexity index is 1160. The number of aliphatic hydroxyl groups excluding tert-OH is 1. The summed E-state index contributed by atoms with van der Waals surface area (Å²) < 4.78 is 5.45. The molecule has 3 aromatic rings. The van der Waals surface area contributed by atoms with E-state index in [1.54, 1.807) is 0 Å². The lowest BCUT2D eigenvalue weighted by atomic mass is 9.97. The van der Waals surface area contributed by atoms with Crippen molar-refractivity contribution in [2.45, 2.75) is 33.2 Å². The Kier molecular flexibility index (Phi) is 6.09. The van der Waals surface area contributed by atoms with Gasteiger partial charge in [0, 0.05) is 48.9 Å². The van der Waals surface area contributed by atoms with Crippen molar-refractivity contribution in [2.24, 2.45) is 5.92 Å². The summed E-state index contributed by atoms with van der Waals surface area (Å²) in [5.74, 6) is 0.305. The van der Waals surface area contributed by atoms with E-state index in [4.69, 9.17) is 4.42 Å². The standard InChI is InChI=1S/C25H28N2O4/c1-16-6-7-22-20(13-23(29)31-24(22)17(16)2)14-26-21-5-3-4-19(12-21)25(30)27-10-8-18(15-28)9-11-27/h3-7,12-13,18,26,28H,8-11,14-15H2,1-2H3. The topological polar surface area (TPSA) is 82.8 Å². The molecular weight excluding hydrogens is 392 g/mol. The molecule has 0 unspecified atom stereocenters. The monoisotopic (exact) mass is 420 g/mol. The lowest BCUT2D eigenvalue weighted by Gasteiger charge is -2.31. The molecule has 162 valence electrons. The van der Waals surface area contributed by atoms with Crippen molar-refractivity contribution in [1.29, 1.82) is 0 Å². The van der Waals surface area contributed by atoms with E-state index in [0.29, 0.717) is 36.7 Å². The molecular formula is C25H28N2O4. The van der Waals surface area contributed by atoms with E-state index in [9.17, 15) is 14.7 Å². The molecule has 2 N–H and O–H groups in total. The Morgan fingerprint density at radius 3 is 2.68 bits per heavy atom. The van der Waals surface area contributed by atoms with Crippen LogP contribution < -0.4 is 10.9 Å². The number of hydrogen-bond donors (Lipinski definition) is 2. The zero-order valence-electron chi connectivity index (χ0n) is 18.0. The van der Waals surface area contributed by atoms with Crippen LogP contribution in [-0.4, -0.2) is 35.6 Å². The first-order chi connectivity index (χ1) is 15.0. The van der Waals surface area contributed by atoms with E-state index in [1.165, 1.54) is 6.07 Å². The lowest BCUT2D eigenvalue weighted by Crippen LogP contribution is -2.39. The van der Waals surface area contributed by atoms with E-state index >= 15 is 0 Å². The van der Waals surface area contributed by atoms with Crippen molar-refractivity contribution in [3.05, 3.63) is 75.1 Å². The molecule has 2 aromatic carbocycles. The van der Waals surface area contributed by atoms with Crippen molar-refractivity contribution >= 4 is 22.6 Å². The van der Waals surface area contributed by atoms with Gasteiger partial charge >= 0.3 is 5.63 Å². The third-order valence-electron chi connectivity index (χ3n) is 6.27. The summed E-state index contributed by atoms with van der Waals surface area (Å²) in [6.07, 6.45) is 1.67. The predicted molar refractivity (Wildman–Crippen MR) is 121 cm³/mol. The number of nitrogens with zero attached hydrogens (tertiary/aromatic N) is 1. The van der Waals surface area contributed by atoms with Gasteiger partial charge < -0.3 is 19.7 Å². The molecule has 0 radical (unpaired) electrons. The molecule has 2 heterocycles. The molecule has 1 fully saturated rings. The number of rotatable bonds is 5. The molecule has 6 heteroatoms. The Hall–Kier alpha value is -3.12. The molecule has 0 saturated carbocycles. The Labute approximate surface area is 181 Å². The van der Waals surface area contributed by atoms with Crippen LogP contribution in [0.25, 0.3) is 11.0 Å². The van der Waals surface area contributed by atoms with Crippen LogP contribution in [0.4, 0.5) is 5.69 Å². The Morgan fingerprint density at radius 1 is 1.16 bits per heavy atom. The quantitative estimate of drug-likeness (QED) is 0.613. The second-order valence-electron chi connectivity index (χ2n) is 8.33. The maximum absolute atomic E-state index is 12.9. The summed E-state index contributed by atoms with van der Waals surface area (Å²) in [5.41, 5.74) is 4.62. The van der Waals surface area contributed by atoms with Gasteiger partial charge in [-0.05, 0) is 67.5 Å². The van der Waals surface area contributed by atoms with Crippen molar-refractivity contribution in [2.75, 3.05) is 25.0 Å².